The van der Waals surface area contributed by atoms with Crippen molar-refractivity contribution in [3.8, 4) is 0 Å². The quantitative estimate of drug-likeness (QED) is 0.672. The highest BCUT2D eigenvalue weighted by Crippen LogP contribution is 2.24. The van der Waals surface area contributed by atoms with Gasteiger partial charge >= 0.3 is 0 Å². The van der Waals surface area contributed by atoms with Gasteiger partial charge in [0.1, 0.15) is 0 Å². The van der Waals surface area contributed by atoms with E-state index < -0.39 is 0 Å². The Balaban J connectivity index is 2.27. The summed E-state index contributed by atoms with van der Waals surface area (Å²) < 4.78 is 11.4. The largest absolute Gasteiger partial charge is 0.348 e. The van der Waals surface area contributed by atoms with E-state index >= 15 is 0 Å². The lowest BCUT2D eigenvalue weighted by molar-refractivity contribution is -0.197. The smallest absolute Gasteiger partial charge is 0.177 e. The molecule has 0 aromatic rings. The van der Waals surface area contributed by atoms with E-state index in [9.17, 15) is 0 Å². The molecule has 2 nitrogen and oxygen atoms in total. The van der Waals surface area contributed by atoms with Gasteiger partial charge in [0, 0.05) is 5.41 Å². The average Bonchev–Trinajstić information content (AvgIpc) is 2.21. The van der Waals surface area contributed by atoms with Crippen LogP contribution >= 0.6 is 0 Å². The lowest BCUT2D eigenvalue weighted by atomic mass is 9.95. The van der Waals surface area contributed by atoms with Crippen molar-refractivity contribution in [2.45, 2.75) is 60.2 Å². The van der Waals surface area contributed by atoms with Gasteiger partial charge in [-0.05, 0) is 31.8 Å². The van der Waals surface area contributed by atoms with Gasteiger partial charge in [-0.15, -0.1) is 0 Å². The van der Waals surface area contributed by atoms with Gasteiger partial charge in [-0.1, -0.05) is 39.7 Å². The van der Waals surface area contributed by atoms with E-state index in [1.807, 2.05) is 0 Å². The molecule has 0 amide bonds. The SMILES string of the molecule is CC(=CC1OCC(C)(C)CO1)CCCC(C)C. The van der Waals surface area contributed by atoms with Gasteiger partial charge in [0.25, 0.3) is 0 Å². The van der Waals surface area contributed by atoms with E-state index in [2.05, 4.69) is 40.7 Å². The number of ether oxygens (including phenoxy) is 2. The average molecular weight is 240 g/mol. The highest BCUT2D eigenvalue weighted by atomic mass is 16.7. The number of hydrogen-bond acceptors (Lipinski definition) is 2. The van der Waals surface area contributed by atoms with Gasteiger partial charge in [-0.3, -0.25) is 0 Å². The maximum Gasteiger partial charge on any atom is 0.177 e. The van der Waals surface area contributed by atoms with Gasteiger partial charge in [-0.25, -0.2) is 0 Å². The lowest BCUT2D eigenvalue weighted by Gasteiger charge is -2.33. The van der Waals surface area contributed by atoms with Crippen molar-refractivity contribution in [3.63, 3.8) is 0 Å². The van der Waals surface area contributed by atoms with Crippen LogP contribution in [0.2, 0.25) is 0 Å². The third-order valence-corrected chi connectivity index (χ3v) is 3.05. The molecular formula is C15H28O2. The van der Waals surface area contributed by atoms with Crippen molar-refractivity contribution < 1.29 is 9.47 Å². The van der Waals surface area contributed by atoms with Crippen LogP contribution in [0.5, 0.6) is 0 Å². The monoisotopic (exact) mass is 240 g/mol. The minimum Gasteiger partial charge on any atom is -0.348 e. The maximum atomic E-state index is 5.69. The van der Waals surface area contributed by atoms with Gasteiger partial charge in [0.05, 0.1) is 13.2 Å². The summed E-state index contributed by atoms with van der Waals surface area (Å²) in [5, 5.41) is 0. The van der Waals surface area contributed by atoms with E-state index in [4.69, 9.17) is 9.47 Å². The molecule has 0 spiro atoms. The molecule has 1 heterocycles. The second-order valence-electron chi connectivity index (χ2n) is 6.45. The van der Waals surface area contributed by atoms with E-state index in [1.54, 1.807) is 0 Å². The van der Waals surface area contributed by atoms with Crippen molar-refractivity contribution in [1.29, 1.82) is 0 Å². The number of rotatable bonds is 5. The highest BCUT2D eigenvalue weighted by Gasteiger charge is 2.27. The molecule has 1 saturated heterocycles. The normalized spacial score (nSPS) is 22.1. The molecular weight excluding hydrogens is 212 g/mol. The van der Waals surface area contributed by atoms with Crippen LogP contribution in [0.15, 0.2) is 11.6 Å². The van der Waals surface area contributed by atoms with Crippen molar-refractivity contribution in [2.75, 3.05) is 13.2 Å². The van der Waals surface area contributed by atoms with Crippen LogP contribution in [-0.2, 0) is 9.47 Å². The van der Waals surface area contributed by atoms with Crippen molar-refractivity contribution >= 4 is 0 Å². The number of hydrogen-bond donors (Lipinski definition) is 0. The standard InChI is InChI=1S/C15H28O2/c1-12(2)7-6-8-13(3)9-14-16-10-15(4,5)11-17-14/h9,12,14H,6-8,10-11H2,1-5H3. The van der Waals surface area contributed by atoms with Crippen LogP contribution in [0.1, 0.15) is 53.9 Å². The third kappa shape index (κ3) is 6.23. The predicted molar refractivity (Wildman–Crippen MR) is 71.9 cm³/mol. The zero-order valence-corrected chi connectivity index (χ0v) is 12.1. The van der Waals surface area contributed by atoms with Crippen LogP contribution in [0.3, 0.4) is 0 Å². The second kappa shape index (κ2) is 6.55. The molecule has 0 radical (unpaired) electrons. The summed E-state index contributed by atoms with van der Waals surface area (Å²) in [6.45, 7) is 12.6. The summed E-state index contributed by atoms with van der Waals surface area (Å²) in [5.74, 6) is 0.797. The molecule has 0 aliphatic carbocycles. The third-order valence-electron chi connectivity index (χ3n) is 3.05. The Morgan fingerprint density at radius 3 is 2.41 bits per heavy atom. The van der Waals surface area contributed by atoms with Crippen LogP contribution in [0, 0.1) is 11.3 Å². The summed E-state index contributed by atoms with van der Waals surface area (Å²) in [6.07, 6.45) is 5.73. The first-order valence-electron chi connectivity index (χ1n) is 6.79. The fourth-order valence-electron chi connectivity index (χ4n) is 1.91. The molecule has 100 valence electrons. The van der Waals surface area contributed by atoms with E-state index in [-0.39, 0.29) is 11.7 Å². The van der Waals surface area contributed by atoms with Crippen LogP contribution in [-0.4, -0.2) is 19.5 Å². The minimum atomic E-state index is -0.123. The summed E-state index contributed by atoms with van der Waals surface area (Å²) in [5.41, 5.74) is 1.55. The first-order valence-corrected chi connectivity index (χ1v) is 6.79. The molecule has 17 heavy (non-hydrogen) atoms. The molecule has 0 aromatic carbocycles. The summed E-state index contributed by atoms with van der Waals surface area (Å²) in [7, 11) is 0. The van der Waals surface area contributed by atoms with E-state index in [0.29, 0.717) is 0 Å². The minimum absolute atomic E-state index is 0.123. The molecule has 1 fully saturated rings. The predicted octanol–water partition coefficient (Wildman–Crippen LogP) is 4.16. The fraction of sp³-hybridized carbons (Fsp3) is 0.867. The van der Waals surface area contributed by atoms with E-state index in [1.165, 1.54) is 18.4 Å². The molecule has 0 saturated carbocycles. The summed E-state index contributed by atoms with van der Waals surface area (Å²) in [4.78, 5) is 0. The second-order valence-corrected chi connectivity index (χ2v) is 6.45. The van der Waals surface area contributed by atoms with Crippen LogP contribution in [0.4, 0.5) is 0 Å². The molecule has 2 heteroatoms. The Morgan fingerprint density at radius 2 is 1.88 bits per heavy atom. The Bertz CT molecular complexity index is 244. The molecule has 1 rings (SSSR count). The number of allylic oxidation sites excluding steroid dienone is 1. The molecule has 0 atom stereocenters. The topological polar surface area (TPSA) is 18.5 Å². The van der Waals surface area contributed by atoms with Gasteiger partial charge in [-0.2, -0.15) is 0 Å². The molecule has 0 unspecified atom stereocenters. The lowest BCUT2D eigenvalue weighted by Crippen LogP contribution is -2.36. The first-order chi connectivity index (χ1) is 7.89. The summed E-state index contributed by atoms with van der Waals surface area (Å²) in [6, 6.07) is 0. The molecule has 1 aliphatic rings. The molecule has 0 aromatic heterocycles. The molecule has 0 bridgehead atoms. The molecule has 0 N–H and O–H groups in total. The van der Waals surface area contributed by atoms with Crippen LogP contribution in [0.25, 0.3) is 0 Å². The van der Waals surface area contributed by atoms with Gasteiger partial charge in [0.2, 0.25) is 0 Å². The van der Waals surface area contributed by atoms with Crippen molar-refractivity contribution in [3.05, 3.63) is 11.6 Å². The Kier molecular flexibility index (Phi) is 5.68. The van der Waals surface area contributed by atoms with E-state index in [0.717, 1.165) is 25.6 Å². The fourth-order valence-corrected chi connectivity index (χ4v) is 1.91. The zero-order valence-electron chi connectivity index (χ0n) is 12.1. The van der Waals surface area contributed by atoms with Gasteiger partial charge < -0.3 is 9.47 Å². The Labute approximate surface area is 106 Å². The van der Waals surface area contributed by atoms with Crippen molar-refractivity contribution in [2.24, 2.45) is 11.3 Å². The summed E-state index contributed by atoms with van der Waals surface area (Å²) >= 11 is 0. The van der Waals surface area contributed by atoms with Gasteiger partial charge in [0.15, 0.2) is 6.29 Å². The first kappa shape index (κ1) is 14.7. The zero-order chi connectivity index (χ0) is 12.9. The molecule has 1 aliphatic heterocycles. The Morgan fingerprint density at radius 1 is 1.29 bits per heavy atom. The maximum absolute atomic E-state index is 5.69. The Hall–Kier alpha value is -0.340. The van der Waals surface area contributed by atoms with Crippen LogP contribution < -0.4 is 0 Å². The van der Waals surface area contributed by atoms with Crippen molar-refractivity contribution in [1.82, 2.24) is 0 Å². The highest BCUT2D eigenvalue weighted by molar-refractivity contribution is 5.00.